The molecule has 41 heavy (non-hydrogen) atoms. The minimum atomic E-state index is -4.97. The number of hydrogen-bond acceptors (Lipinski definition) is 6. The highest BCUT2D eigenvalue weighted by Gasteiger charge is 2.41. The van der Waals surface area contributed by atoms with Crippen molar-refractivity contribution in [2.45, 2.75) is 6.18 Å². The van der Waals surface area contributed by atoms with Crippen molar-refractivity contribution >= 4 is 40.9 Å². The first-order chi connectivity index (χ1) is 19.5. The van der Waals surface area contributed by atoms with Crippen LogP contribution in [0, 0.1) is 5.82 Å². The van der Waals surface area contributed by atoms with Crippen LogP contribution in [-0.4, -0.2) is 26.7 Å². The summed E-state index contributed by atoms with van der Waals surface area (Å²) in [5.41, 5.74) is -2.49. The Balaban J connectivity index is 1.51. The first-order valence-corrected chi connectivity index (χ1v) is 12.2. The van der Waals surface area contributed by atoms with Crippen LogP contribution in [0.25, 0.3) is 6.08 Å². The molecule has 208 valence electrons. The number of aryl methyl sites for hydroxylation is 1. The van der Waals surface area contributed by atoms with Gasteiger partial charge in [0.15, 0.2) is 10.8 Å². The number of halogens is 4. The highest BCUT2D eigenvalue weighted by molar-refractivity contribution is 7.80. The van der Waals surface area contributed by atoms with Gasteiger partial charge in [0, 0.05) is 7.05 Å². The monoisotopic (exact) mass is 582 g/mol. The number of hydrogen-bond donors (Lipinski definition) is 1. The molecule has 1 aliphatic rings. The van der Waals surface area contributed by atoms with Crippen LogP contribution in [0.15, 0.2) is 84.4 Å². The number of thiocarbonyl (C=S) groups is 1. The third-order valence-corrected chi connectivity index (χ3v) is 6.07. The van der Waals surface area contributed by atoms with Gasteiger partial charge in [0.05, 0.1) is 11.3 Å². The lowest BCUT2D eigenvalue weighted by Crippen LogP contribution is -2.54. The molecule has 0 unspecified atom stereocenters. The molecule has 0 spiro atoms. The smallest absolute Gasteiger partial charge is 0.435 e. The van der Waals surface area contributed by atoms with Gasteiger partial charge < -0.3 is 9.47 Å². The van der Waals surface area contributed by atoms with E-state index in [4.69, 9.17) is 21.7 Å². The topological polar surface area (TPSA) is 85.7 Å². The first kappa shape index (κ1) is 27.5. The zero-order valence-electron chi connectivity index (χ0n) is 21.0. The van der Waals surface area contributed by atoms with Crippen molar-refractivity contribution in [3.63, 3.8) is 0 Å². The van der Waals surface area contributed by atoms with Crippen molar-refractivity contribution < 1.29 is 36.6 Å². The second kappa shape index (κ2) is 10.8. The normalized spacial score (nSPS) is 14.8. The van der Waals surface area contributed by atoms with E-state index in [9.17, 15) is 27.2 Å². The SMILES string of the molecule is Cn1nc(C(F)(F)F)c(C=C2C(=O)NC(=S)N(c3ccc(Oc4ccccc4)cc3)C2=O)c1Oc1ccc(F)cc1. The second-order valence-electron chi connectivity index (χ2n) is 8.61. The van der Waals surface area contributed by atoms with E-state index in [0.717, 1.165) is 27.8 Å². The van der Waals surface area contributed by atoms with Crippen molar-refractivity contribution in [1.82, 2.24) is 15.1 Å². The van der Waals surface area contributed by atoms with E-state index in [-0.39, 0.29) is 16.5 Å². The van der Waals surface area contributed by atoms with Crippen LogP contribution < -0.4 is 19.7 Å². The summed E-state index contributed by atoms with van der Waals surface area (Å²) in [6.07, 6.45) is -4.22. The molecule has 2 amide bonds. The van der Waals surface area contributed by atoms with E-state index < -0.39 is 46.5 Å². The molecule has 8 nitrogen and oxygen atoms in total. The van der Waals surface area contributed by atoms with Gasteiger partial charge in [-0.3, -0.25) is 19.8 Å². The fraction of sp³-hybridized carbons (Fsp3) is 0.0714. The molecule has 0 bridgehead atoms. The number of anilines is 1. The lowest BCUT2D eigenvalue weighted by molar-refractivity contribution is -0.141. The van der Waals surface area contributed by atoms with Gasteiger partial charge in [-0.05, 0) is 79.0 Å². The van der Waals surface area contributed by atoms with Crippen molar-refractivity contribution in [1.29, 1.82) is 0 Å². The molecule has 1 saturated heterocycles. The van der Waals surface area contributed by atoms with Crippen LogP contribution in [0.2, 0.25) is 0 Å². The summed E-state index contributed by atoms with van der Waals surface area (Å²) >= 11 is 5.19. The number of benzene rings is 3. The Labute approximate surface area is 235 Å². The molecule has 4 aromatic rings. The largest absolute Gasteiger partial charge is 0.457 e. The van der Waals surface area contributed by atoms with Crippen LogP contribution in [0.1, 0.15) is 11.3 Å². The molecule has 3 aromatic carbocycles. The number of para-hydroxylation sites is 1. The number of carbonyl (C=O) groups is 2. The summed E-state index contributed by atoms with van der Waals surface area (Å²) in [6, 6.07) is 19.6. The number of ether oxygens (including phenoxy) is 2. The molecule has 0 saturated carbocycles. The molecule has 5 rings (SSSR count). The van der Waals surface area contributed by atoms with E-state index in [0.29, 0.717) is 11.5 Å². The molecule has 1 aromatic heterocycles. The van der Waals surface area contributed by atoms with E-state index in [2.05, 4.69) is 10.4 Å². The van der Waals surface area contributed by atoms with Gasteiger partial charge in [0.25, 0.3) is 11.8 Å². The molecule has 0 aliphatic carbocycles. The first-order valence-electron chi connectivity index (χ1n) is 11.8. The van der Waals surface area contributed by atoms with Gasteiger partial charge in [0.1, 0.15) is 28.6 Å². The molecule has 0 atom stereocenters. The maximum Gasteiger partial charge on any atom is 0.435 e. The molecule has 1 N–H and O–H groups in total. The lowest BCUT2D eigenvalue weighted by atomic mass is 10.1. The van der Waals surface area contributed by atoms with Gasteiger partial charge in [-0.2, -0.15) is 18.3 Å². The molecular weight excluding hydrogens is 564 g/mol. The molecule has 0 radical (unpaired) electrons. The second-order valence-corrected chi connectivity index (χ2v) is 9.00. The third-order valence-electron chi connectivity index (χ3n) is 5.79. The van der Waals surface area contributed by atoms with E-state index in [1.165, 1.54) is 31.3 Å². The number of carbonyl (C=O) groups excluding carboxylic acids is 2. The predicted octanol–water partition coefficient (Wildman–Crippen LogP) is 5.99. The Bertz CT molecular complexity index is 1670. The molecule has 13 heteroatoms. The van der Waals surface area contributed by atoms with Crippen LogP contribution in [-0.2, 0) is 22.8 Å². The average Bonchev–Trinajstić information content (AvgIpc) is 3.24. The van der Waals surface area contributed by atoms with Gasteiger partial charge in [-0.15, -0.1) is 0 Å². The minimum Gasteiger partial charge on any atom is -0.457 e. The predicted molar refractivity (Wildman–Crippen MR) is 144 cm³/mol. The number of amides is 2. The number of rotatable bonds is 6. The Morgan fingerprint density at radius 1 is 0.878 bits per heavy atom. The summed E-state index contributed by atoms with van der Waals surface area (Å²) < 4.78 is 67.3. The standard InChI is InChI=1S/C28H18F4N4O4S/c1-35-26(40-20-11-7-16(29)8-12-20)21(23(34-35)28(30,31)32)15-22-24(37)33-27(41)36(25(22)38)17-9-13-19(14-10-17)39-18-5-3-2-4-6-18/h2-15H,1H3,(H,33,37,41). The third kappa shape index (κ3) is 5.79. The van der Waals surface area contributed by atoms with Crippen LogP contribution in [0.3, 0.4) is 0 Å². The lowest BCUT2D eigenvalue weighted by Gasteiger charge is -2.29. The zero-order chi connectivity index (χ0) is 29.3. The van der Waals surface area contributed by atoms with E-state index in [1.807, 2.05) is 6.07 Å². The van der Waals surface area contributed by atoms with Crippen molar-refractivity contribution in [3.05, 3.63) is 102 Å². The van der Waals surface area contributed by atoms with Crippen LogP contribution >= 0.6 is 12.2 Å². The molecule has 2 heterocycles. The summed E-state index contributed by atoms with van der Waals surface area (Å²) in [5, 5.41) is 5.56. The fourth-order valence-corrected chi connectivity index (χ4v) is 4.20. The highest BCUT2D eigenvalue weighted by Crippen LogP contribution is 2.39. The van der Waals surface area contributed by atoms with Gasteiger partial charge in [0.2, 0.25) is 5.88 Å². The maximum absolute atomic E-state index is 13.9. The zero-order valence-corrected chi connectivity index (χ0v) is 21.8. The highest BCUT2D eigenvalue weighted by atomic mass is 32.1. The Morgan fingerprint density at radius 2 is 1.46 bits per heavy atom. The Hall–Kier alpha value is -5.04. The Kier molecular flexibility index (Phi) is 7.28. The summed E-state index contributed by atoms with van der Waals surface area (Å²) in [5.74, 6) is -1.96. The summed E-state index contributed by atoms with van der Waals surface area (Å²) in [6.45, 7) is 0. The van der Waals surface area contributed by atoms with Gasteiger partial charge >= 0.3 is 6.18 Å². The van der Waals surface area contributed by atoms with Crippen LogP contribution in [0.4, 0.5) is 23.2 Å². The molecule has 1 fully saturated rings. The van der Waals surface area contributed by atoms with E-state index >= 15 is 0 Å². The molecular formula is C28H18F4N4O4S. The number of aromatic nitrogens is 2. The van der Waals surface area contributed by atoms with E-state index in [1.54, 1.807) is 36.4 Å². The Morgan fingerprint density at radius 3 is 2.10 bits per heavy atom. The summed E-state index contributed by atoms with van der Waals surface area (Å²) in [7, 11) is 1.19. The maximum atomic E-state index is 13.9. The average molecular weight is 583 g/mol. The van der Waals surface area contributed by atoms with Gasteiger partial charge in [-0.1, -0.05) is 18.2 Å². The number of nitrogens with one attached hydrogen (secondary N) is 1. The fourth-order valence-electron chi connectivity index (χ4n) is 3.92. The van der Waals surface area contributed by atoms with Crippen LogP contribution in [0.5, 0.6) is 23.1 Å². The summed E-state index contributed by atoms with van der Waals surface area (Å²) in [4.78, 5) is 27.3. The minimum absolute atomic E-state index is 0.00260. The van der Waals surface area contributed by atoms with Gasteiger partial charge in [-0.25, -0.2) is 9.07 Å². The number of nitrogens with zero attached hydrogens (tertiary/aromatic N) is 3. The number of alkyl halides is 3. The quantitative estimate of drug-likeness (QED) is 0.130. The van der Waals surface area contributed by atoms with Crippen molar-refractivity contribution in [3.8, 4) is 23.1 Å². The van der Waals surface area contributed by atoms with Crippen molar-refractivity contribution in [2.24, 2.45) is 7.05 Å². The van der Waals surface area contributed by atoms with Crippen molar-refractivity contribution in [2.75, 3.05) is 4.90 Å². The molecule has 1 aliphatic heterocycles.